The average Bonchev–Trinajstić information content (AvgIpc) is 3.03. The predicted octanol–water partition coefficient (Wildman–Crippen LogP) is 1.34. The molecule has 0 N–H and O–H groups in total. The van der Waals surface area contributed by atoms with Crippen molar-refractivity contribution >= 4 is 23.6 Å². The van der Waals surface area contributed by atoms with Crippen LogP contribution in [-0.4, -0.2) is 77.7 Å². The molecule has 160 valence electrons. The van der Waals surface area contributed by atoms with Crippen LogP contribution in [0.15, 0.2) is 48.5 Å². The molecule has 0 radical (unpaired) electrons. The van der Waals surface area contributed by atoms with E-state index in [4.69, 9.17) is 4.74 Å². The van der Waals surface area contributed by atoms with Gasteiger partial charge < -0.3 is 14.5 Å². The molecule has 0 bridgehead atoms. The number of ether oxygens (including phenoxy) is 1. The van der Waals surface area contributed by atoms with Crippen LogP contribution in [0.5, 0.6) is 5.75 Å². The van der Waals surface area contributed by atoms with Crippen molar-refractivity contribution < 1.29 is 23.9 Å². The molecule has 1 fully saturated rings. The smallest absolute Gasteiger partial charge is 0.262 e. The van der Waals surface area contributed by atoms with E-state index in [1.807, 2.05) is 31.2 Å². The zero-order valence-electron chi connectivity index (χ0n) is 17.2. The Morgan fingerprint density at radius 1 is 0.806 bits per heavy atom. The molecule has 2 aromatic carbocycles. The fraction of sp³-hybridized carbons (Fsp3) is 0.304. The van der Waals surface area contributed by atoms with Crippen molar-refractivity contribution in [2.75, 3.05) is 39.3 Å². The molecule has 0 aromatic heterocycles. The fourth-order valence-electron chi connectivity index (χ4n) is 3.69. The van der Waals surface area contributed by atoms with Gasteiger partial charge in [0, 0.05) is 26.2 Å². The third kappa shape index (κ3) is 4.28. The van der Waals surface area contributed by atoms with Crippen LogP contribution in [-0.2, 0) is 9.59 Å². The third-order valence-electron chi connectivity index (χ3n) is 5.54. The molecule has 2 aliphatic heterocycles. The highest BCUT2D eigenvalue weighted by Crippen LogP contribution is 2.22. The maximum Gasteiger partial charge on any atom is 0.262 e. The molecular weight excluding hydrogens is 398 g/mol. The molecule has 0 saturated carbocycles. The number of hydrogen-bond acceptors (Lipinski definition) is 5. The van der Waals surface area contributed by atoms with Crippen molar-refractivity contribution in [3.05, 3.63) is 65.2 Å². The first-order valence-electron chi connectivity index (χ1n) is 10.1. The number of imide groups is 1. The first-order valence-corrected chi connectivity index (χ1v) is 10.1. The van der Waals surface area contributed by atoms with Gasteiger partial charge in [-0.2, -0.15) is 0 Å². The third-order valence-corrected chi connectivity index (χ3v) is 5.54. The van der Waals surface area contributed by atoms with Crippen LogP contribution in [0.1, 0.15) is 26.3 Å². The molecule has 4 amide bonds. The summed E-state index contributed by atoms with van der Waals surface area (Å²) < 4.78 is 5.54. The summed E-state index contributed by atoms with van der Waals surface area (Å²) in [7, 11) is 0. The van der Waals surface area contributed by atoms with Gasteiger partial charge in [-0.25, -0.2) is 0 Å². The van der Waals surface area contributed by atoms with Crippen molar-refractivity contribution in [1.29, 1.82) is 0 Å². The number of carbonyl (C=O) groups excluding carboxylic acids is 4. The van der Waals surface area contributed by atoms with E-state index < -0.39 is 11.8 Å². The number of benzene rings is 2. The average molecular weight is 421 g/mol. The van der Waals surface area contributed by atoms with Crippen LogP contribution in [0.3, 0.4) is 0 Å². The Bertz CT molecular complexity index is 991. The second-order valence-electron chi connectivity index (χ2n) is 7.61. The van der Waals surface area contributed by atoms with Crippen molar-refractivity contribution in [2.24, 2.45) is 0 Å². The van der Waals surface area contributed by atoms with E-state index in [0.717, 1.165) is 10.5 Å². The van der Waals surface area contributed by atoms with E-state index in [1.54, 1.807) is 34.1 Å². The van der Waals surface area contributed by atoms with Gasteiger partial charge in [-0.3, -0.25) is 24.1 Å². The lowest BCUT2D eigenvalue weighted by Gasteiger charge is -2.35. The molecule has 1 saturated heterocycles. The Morgan fingerprint density at radius 2 is 1.32 bits per heavy atom. The van der Waals surface area contributed by atoms with E-state index >= 15 is 0 Å². The monoisotopic (exact) mass is 421 g/mol. The van der Waals surface area contributed by atoms with Gasteiger partial charge in [-0.1, -0.05) is 29.8 Å². The summed E-state index contributed by atoms with van der Waals surface area (Å²) in [5, 5.41) is 0. The van der Waals surface area contributed by atoms with Crippen molar-refractivity contribution in [1.82, 2.24) is 14.7 Å². The second kappa shape index (κ2) is 8.59. The number of piperazine rings is 1. The Hall–Kier alpha value is -3.68. The van der Waals surface area contributed by atoms with Gasteiger partial charge in [0.2, 0.25) is 5.91 Å². The summed E-state index contributed by atoms with van der Waals surface area (Å²) in [6, 6.07) is 14.0. The number of rotatable bonds is 5. The number of amides is 4. The predicted molar refractivity (Wildman–Crippen MR) is 112 cm³/mol. The first kappa shape index (κ1) is 20.6. The summed E-state index contributed by atoms with van der Waals surface area (Å²) in [5.74, 6) is -0.716. The summed E-state index contributed by atoms with van der Waals surface area (Å²) in [4.78, 5) is 54.2. The first-order chi connectivity index (χ1) is 14.9. The summed E-state index contributed by atoms with van der Waals surface area (Å²) >= 11 is 0. The number of hydrogen-bond donors (Lipinski definition) is 0. The Kier molecular flexibility index (Phi) is 5.70. The minimum Gasteiger partial charge on any atom is -0.484 e. The molecule has 8 nitrogen and oxygen atoms in total. The van der Waals surface area contributed by atoms with Gasteiger partial charge in [0.15, 0.2) is 6.61 Å². The van der Waals surface area contributed by atoms with Gasteiger partial charge in [0.25, 0.3) is 17.7 Å². The highest BCUT2D eigenvalue weighted by Gasteiger charge is 2.37. The molecule has 31 heavy (non-hydrogen) atoms. The minimum atomic E-state index is -0.448. The van der Waals surface area contributed by atoms with Gasteiger partial charge in [-0.05, 0) is 31.2 Å². The largest absolute Gasteiger partial charge is 0.484 e. The summed E-state index contributed by atoms with van der Waals surface area (Å²) in [6.07, 6.45) is 0. The van der Waals surface area contributed by atoms with Crippen LogP contribution in [0, 0.1) is 6.92 Å². The number of carbonyl (C=O) groups is 4. The second-order valence-corrected chi connectivity index (χ2v) is 7.61. The molecule has 0 unspecified atom stereocenters. The van der Waals surface area contributed by atoms with Crippen LogP contribution in [0.4, 0.5) is 0 Å². The topological polar surface area (TPSA) is 87.2 Å². The molecule has 0 atom stereocenters. The van der Waals surface area contributed by atoms with Gasteiger partial charge in [0.05, 0.1) is 11.1 Å². The number of aryl methyl sites for hydroxylation is 1. The molecule has 4 rings (SSSR count). The van der Waals surface area contributed by atoms with Crippen LogP contribution in [0.2, 0.25) is 0 Å². The fourth-order valence-corrected chi connectivity index (χ4v) is 3.69. The molecule has 2 aliphatic rings. The minimum absolute atomic E-state index is 0.0634. The van der Waals surface area contributed by atoms with E-state index in [1.165, 1.54) is 0 Å². The zero-order chi connectivity index (χ0) is 22.0. The van der Waals surface area contributed by atoms with Gasteiger partial charge >= 0.3 is 0 Å². The quantitative estimate of drug-likeness (QED) is 0.680. The number of fused-ring (bicyclic) bond motifs is 1. The lowest BCUT2D eigenvalue weighted by molar-refractivity contribution is -0.140. The lowest BCUT2D eigenvalue weighted by atomic mass is 10.1. The van der Waals surface area contributed by atoms with E-state index in [2.05, 4.69) is 0 Å². The SMILES string of the molecule is Cc1ccc(OCC(=O)N2CCN(C(=O)CN3C(=O)c4ccccc4C3=O)CC2)cc1. The van der Waals surface area contributed by atoms with E-state index in [-0.39, 0.29) is 25.0 Å². The molecular formula is C23H23N3O5. The van der Waals surface area contributed by atoms with E-state index in [9.17, 15) is 19.2 Å². The highest BCUT2D eigenvalue weighted by molar-refractivity contribution is 6.22. The molecule has 2 aromatic rings. The van der Waals surface area contributed by atoms with Crippen LogP contribution in [0.25, 0.3) is 0 Å². The Balaban J connectivity index is 1.26. The Morgan fingerprint density at radius 3 is 1.87 bits per heavy atom. The molecule has 8 heteroatoms. The molecule has 2 heterocycles. The maximum absolute atomic E-state index is 12.7. The van der Waals surface area contributed by atoms with Crippen molar-refractivity contribution in [2.45, 2.75) is 6.92 Å². The normalized spacial score (nSPS) is 15.8. The Labute approximate surface area is 180 Å². The van der Waals surface area contributed by atoms with Crippen LogP contribution < -0.4 is 4.74 Å². The summed E-state index contributed by atoms with van der Waals surface area (Å²) in [5.41, 5.74) is 1.76. The zero-order valence-corrected chi connectivity index (χ0v) is 17.2. The lowest BCUT2D eigenvalue weighted by Crippen LogP contribution is -2.53. The molecule has 0 spiro atoms. The van der Waals surface area contributed by atoms with Crippen molar-refractivity contribution in [3.63, 3.8) is 0 Å². The van der Waals surface area contributed by atoms with Crippen molar-refractivity contribution in [3.8, 4) is 5.75 Å². The van der Waals surface area contributed by atoms with Crippen LogP contribution >= 0.6 is 0 Å². The standard InChI is InChI=1S/C23H23N3O5/c1-16-6-8-17(9-7-16)31-15-21(28)25-12-10-24(11-13-25)20(27)14-26-22(29)18-4-2-3-5-19(18)23(26)30/h2-9H,10-15H2,1H3. The number of nitrogens with zero attached hydrogens (tertiary/aromatic N) is 3. The molecule has 0 aliphatic carbocycles. The van der Waals surface area contributed by atoms with Gasteiger partial charge in [-0.15, -0.1) is 0 Å². The van der Waals surface area contributed by atoms with Gasteiger partial charge in [0.1, 0.15) is 12.3 Å². The highest BCUT2D eigenvalue weighted by atomic mass is 16.5. The summed E-state index contributed by atoms with van der Waals surface area (Å²) in [6.45, 7) is 3.07. The maximum atomic E-state index is 12.7. The van der Waals surface area contributed by atoms with E-state index in [0.29, 0.717) is 43.1 Å².